The van der Waals surface area contributed by atoms with Gasteiger partial charge < -0.3 is 19.9 Å². The van der Waals surface area contributed by atoms with Gasteiger partial charge in [0.1, 0.15) is 35.3 Å². The number of rotatable bonds is 8. The average Bonchev–Trinajstić information content (AvgIpc) is 3.17. The van der Waals surface area contributed by atoms with Gasteiger partial charge in [-0.2, -0.15) is 5.26 Å². The monoisotopic (exact) mass is 488 g/mol. The zero-order valence-corrected chi connectivity index (χ0v) is 22.8. The minimum Gasteiger partial charge on any atom is -0.405 e. The zero-order valence-electron chi connectivity index (χ0n) is 21.8. The topological polar surface area (TPSA) is 101 Å². The number of hydrogen-bond donors (Lipinski definition) is 2. The molecule has 3 aromatic rings. The molecule has 3 N–H and O–H groups in total. The van der Waals surface area contributed by atoms with E-state index in [1.54, 1.807) is 0 Å². The summed E-state index contributed by atoms with van der Waals surface area (Å²) in [7, 11) is -1.98. The number of nitriles is 1. The highest BCUT2D eigenvalue weighted by atomic mass is 28.4. The first-order valence-corrected chi connectivity index (χ1v) is 14.3. The van der Waals surface area contributed by atoms with Crippen LogP contribution >= 0.6 is 0 Å². The summed E-state index contributed by atoms with van der Waals surface area (Å²) >= 11 is 0. The van der Waals surface area contributed by atoms with Crippen LogP contribution in [0.4, 0.5) is 11.6 Å². The fourth-order valence-electron chi connectivity index (χ4n) is 5.29. The number of hydrogen-bond acceptors (Lipinski definition) is 6. The van der Waals surface area contributed by atoms with Gasteiger partial charge in [-0.3, -0.25) is 0 Å². The molecule has 0 fully saturated rings. The molecule has 0 spiro atoms. The van der Waals surface area contributed by atoms with Crippen LogP contribution in [0.1, 0.15) is 71.3 Å². The lowest BCUT2D eigenvalue weighted by Gasteiger charge is -2.41. The largest absolute Gasteiger partial charge is 0.405 e. The molecule has 7 nitrogen and oxygen atoms in total. The maximum absolute atomic E-state index is 9.49. The Morgan fingerprint density at radius 2 is 1.77 bits per heavy atom. The molecule has 0 aliphatic carbocycles. The van der Waals surface area contributed by atoms with Crippen molar-refractivity contribution in [2.24, 2.45) is 0 Å². The molecule has 1 unspecified atom stereocenters. The van der Waals surface area contributed by atoms with Crippen molar-refractivity contribution in [1.82, 2.24) is 14.4 Å². The minimum atomic E-state index is -1.98. The first-order chi connectivity index (χ1) is 16.6. The molecule has 0 aliphatic rings. The summed E-state index contributed by atoms with van der Waals surface area (Å²) in [5.41, 5.74) is 10.6. The molecule has 1 atom stereocenters. The Kier molecular flexibility index (Phi) is 8.21. The van der Waals surface area contributed by atoms with E-state index < -0.39 is 8.32 Å². The van der Waals surface area contributed by atoms with Crippen molar-refractivity contribution in [1.29, 1.82) is 5.26 Å². The number of nitrogen functional groups attached to an aromatic ring is 1. The Hall–Kier alpha value is -3.33. The van der Waals surface area contributed by atoms with Crippen molar-refractivity contribution >= 4 is 25.5 Å². The molecule has 0 saturated heterocycles. The zero-order chi connectivity index (χ0) is 25.8. The first-order valence-electron chi connectivity index (χ1n) is 12.1. The van der Waals surface area contributed by atoms with Gasteiger partial charge >= 0.3 is 0 Å². The molecule has 35 heavy (non-hydrogen) atoms. The van der Waals surface area contributed by atoms with Gasteiger partial charge in [-0.15, -0.1) is 0 Å². The fourth-order valence-corrected chi connectivity index (χ4v) is 10.6. The molecule has 0 bridgehead atoms. The van der Waals surface area contributed by atoms with E-state index in [0.29, 0.717) is 29.0 Å². The van der Waals surface area contributed by atoms with Crippen LogP contribution in [0, 0.1) is 23.2 Å². The minimum absolute atomic E-state index is 0.157. The van der Waals surface area contributed by atoms with Crippen molar-refractivity contribution in [3.05, 3.63) is 53.6 Å². The van der Waals surface area contributed by atoms with Crippen LogP contribution in [0.25, 0.3) is 5.52 Å². The molecule has 0 aromatic carbocycles. The van der Waals surface area contributed by atoms with Crippen molar-refractivity contribution in [2.45, 2.75) is 71.1 Å². The maximum Gasteiger partial charge on any atom is 0.201 e. The molecular weight excluding hydrogens is 452 g/mol. The van der Waals surface area contributed by atoms with Gasteiger partial charge in [0, 0.05) is 17.3 Å². The highest BCUT2D eigenvalue weighted by Gasteiger charge is 2.44. The van der Waals surface area contributed by atoms with Crippen LogP contribution in [0.5, 0.6) is 0 Å². The van der Waals surface area contributed by atoms with Gasteiger partial charge in [0.2, 0.25) is 8.32 Å². The normalized spacial score (nSPS) is 12.6. The second-order valence-corrected chi connectivity index (χ2v) is 15.3. The summed E-state index contributed by atoms with van der Waals surface area (Å²) in [5.74, 6) is 7.25. The lowest BCUT2D eigenvalue weighted by atomic mass is 10.1. The van der Waals surface area contributed by atoms with E-state index in [1.807, 2.05) is 25.3 Å². The Morgan fingerprint density at radius 3 is 2.40 bits per heavy atom. The Morgan fingerprint density at radius 1 is 1.09 bits per heavy atom. The third kappa shape index (κ3) is 5.19. The highest BCUT2D eigenvalue weighted by Crippen LogP contribution is 2.42. The maximum atomic E-state index is 9.49. The second-order valence-electron chi connectivity index (χ2n) is 9.81. The highest BCUT2D eigenvalue weighted by molar-refractivity contribution is 6.77. The van der Waals surface area contributed by atoms with E-state index in [9.17, 15) is 5.26 Å². The number of nitrogens with two attached hydrogens (primary N) is 1. The quantitative estimate of drug-likeness (QED) is 0.302. The first kappa shape index (κ1) is 26.3. The third-order valence-corrected chi connectivity index (χ3v) is 12.9. The number of anilines is 2. The van der Waals surface area contributed by atoms with E-state index in [4.69, 9.17) is 10.2 Å². The summed E-state index contributed by atoms with van der Waals surface area (Å²) in [5, 5.41) is 12.8. The SMILES string of the molecule is CC(Nc1ncnc(N)c1C#N)c1cc2ccccn2c1C#CCO[Si](C(C)C)(C(C)C)C(C)C. The lowest BCUT2D eigenvalue weighted by Crippen LogP contribution is -2.47. The van der Waals surface area contributed by atoms with Crippen LogP contribution in [-0.4, -0.2) is 29.3 Å². The van der Waals surface area contributed by atoms with Gasteiger partial charge in [-0.05, 0) is 47.7 Å². The van der Waals surface area contributed by atoms with Gasteiger partial charge in [0.15, 0.2) is 0 Å². The van der Waals surface area contributed by atoms with Crippen molar-refractivity contribution in [3.8, 4) is 17.9 Å². The summed E-state index contributed by atoms with van der Waals surface area (Å²) in [6, 6.07) is 10.1. The standard InChI is InChI=1S/C27H36N6OSi/c1-18(2)35(19(3)4,20(5)6)34-14-10-12-25-23(15-22-11-8-9-13-33(22)25)21(7)32-27-24(16-28)26(29)30-17-31-27/h8-9,11,13,15,17-21H,14H2,1-7H3,(H3,29,30,31,32). The fraction of sp³-hybridized carbons (Fsp3) is 0.444. The summed E-state index contributed by atoms with van der Waals surface area (Å²) < 4.78 is 8.72. The third-order valence-electron chi connectivity index (χ3n) is 6.83. The molecule has 3 aromatic heterocycles. The van der Waals surface area contributed by atoms with Crippen molar-refractivity contribution < 1.29 is 4.43 Å². The van der Waals surface area contributed by atoms with Crippen LogP contribution in [0.3, 0.4) is 0 Å². The predicted octanol–water partition coefficient (Wildman–Crippen LogP) is 5.90. The van der Waals surface area contributed by atoms with Crippen molar-refractivity contribution in [2.75, 3.05) is 17.7 Å². The number of nitrogens with zero attached hydrogens (tertiary/aromatic N) is 4. The van der Waals surface area contributed by atoms with Crippen molar-refractivity contribution in [3.63, 3.8) is 0 Å². The summed E-state index contributed by atoms with van der Waals surface area (Å²) in [6.45, 7) is 16.1. The van der Waals surface area contributed by atoms with Crippen LogP contribution in [0.15, 0.2) is 36.8 Å². The lowest BCUT2D eigenvalue weighted by molar-refractivity contribution is 0.322. The van der Waals surface area contributed by atoms with E-state index >= 15 is 0 Å². The molecule has 0 aliphatic heterocycles. The number of pyridine rings is 1. The molecule has 184 valence electrons. The van der Waals surface area contributed by atoms with Crippen LogP contribution in [0.2, 0.25) is 16.6 Å². The van der Waals surface area contributed by atoms with Gasteiger partial charge in [-0.25, -0.2) is 9.97 Å². The smallest absolute Gasteiger partial charge is 0.201 e. The predicted molar refractivity (Wildman–Crippen MR) is 144 cm³/mol. The Bertz CT molecular complexity index is 1260. The number of nitrogens with one attached hydrogen (secondary N) is 1. The van der Waals surface area contributed by atoms with Gasteiger partial charge in [-0.1, -0.05) is 53.5 Å². The molecule has 8 heteroatoms. The molecular formula is C27H36N6OSi. The second kappa shape index (κ2) is 10.9. The molecule has 0 amide bonds. The van der Waals surface area contributed by atoms with E-state index in [-0.39, 0.29) is 17.4 Å². The van der Waals surface area contributed by atoms with Crippen LogP contribution < -0.4 is 11.1 Å². The van der Waals surface area contributed by atoms with Gasteiger partial charge in [0.25, 0.3) is 0 Å². The number of aromatic nitrogens is 3. The molecule has 3 heterocycles. The van der Waals surface area contributed by atoms with Crippen LogP contribution in [-0.2, 0) is 4.43 Å². The van der Waals surface area contributed by atoms with E-state index in [0.717, 1.165) is 16.8 Å². The average molecular weight is 489 g/mol. The number of fused-ring (bicyclic) bond motifs is 1. The summed E-state index contributed by atoms with van der Waals surface area (Å²) in [6.07, 6.45) is 3.36. The molecule has 3 rings (SSSR count). The van der Waals surface area contributed by atoms with E-state index in [1.165, 1.54) is 6.33 Å². The van der Waals surface area contributed by atoms with Gasteiger partial charge in [0.05, 0.1) is 12.6 Å². The molecule has 0 radical (unpaired) electrons. The Labute approximate surface area is 209 Å². The van der Waals surface area contributed by atoms with E-state index in [2.05, 4.69) is 91.3 Å². The summed E-state index contributed by atoms with van der Waals surface area (Å²) in [4.78, 5) is 8.14. The molecule has 0 saturated carbocycles. The Balaban J connectivity index is 1.94.